The quantitative estimate of drug-likeness (QED) is 0.147. The van der Waals surface area contributed by atoms with Crippen molar-refractivity contribution >= 4 is 17.1 Å². The molecule has 0 aromatic heterocycles. The first-order valence-electron chi connectivity index (χ1n) is 22.9. The number of fused-ring (bicyclic) bond motifs is 6. The van der Waals surface area contributed by atoms with Gasteiger partial charge < -0.3 is 4.90 Å². The summed E-state index contributed by atoms with van der Waals surface area (Å²) in [6.07, 6.45) is 2.03. The lowest BCUT2D eigenvalue weighted by Crippen LogP contribution is -2.28. The predicted octanol–water partition coefficient (Wildman–Crippen LogP) is 16.6. The summed E-state index contributed by atoms with van der Waals surface area (Å²) in [7, 11) is 0. The van der Waals surface area contributed by atoms with Gasteiger partial charge >= 0.3 is 0 Å². The predicted molar refractivity (Wildman–Crippen MR) is 271 cm³/mol. The van der Waals surface area contributed by atoms with E-state index < -0.39 is 5.41 Å². The van der Waals surface area contributed by atoms with Crippen molar-refractivity contribution in [1.29, 1.82) is 0 Å². The second kappa shape index (κ2) is 16.3. The van der Waals surface area contributed by atoms with E-state index in [-0.39, 0.29) is 5.92 Å². The SMILES string of the molecule is c1ccc(-c2ccc(N(c3ccc(-c4ccccc4)cc3)c3ccc(C4CCc5ccc(C6(c7ccccc7)c7ccccc7-c7ccccc76)cc5-c5ccccc54)cc3)cc2)cc1. The van der Waals surface area contributed by atoms with Crippen molar-refractivity contribution in [3.8, 4) is 44.5 Å². The van der Waals surface area contributed by atoms with Gasteiger partial charge in [0.1, 0.15) is 0 Å². The summed E-state index contributed by atoms with van der Waals surface area (Å²) in [5, 5.41) is 0. The summed E-state index contributed by atoms with van der Waals surface area (Å²) in [6, 6.07) is 94.4. The third-order valence-corrected chi connectivity index (χ3v) is 14.0. The summed E-state index contributed by atoms with van der Waals surface area (Å²) in [6.45, 7) is 0. The highest BCUT2D eigenvalue weighted by Gasteiger charge is 2.46. The van der Waals surface area contributed by atoms with Crippen LogP contribution in [0.1, 0.15) is 51.3 Å². The zero-order valence-electron chi connectivity index (χ0n) is 36.2. The lowest BCUT2D eigenvalue weighted by Gasteiger charge is -2.34. The van der Waals surface area contributed by atoms with Crippen LogP contribution in [-0.4, -0.2) is 0 Å². The van der Waals surface area contributed by atoms with Crippen molar-refractivity contribution in [3.05, 3.63) is 294 Å². The van der Waals surface area contributed by atoms with Gasteiger partial charge in [-0.2, -0.15) is 0 Å². The van der Waals surface area contributed by atoms with E-state index in [2.05, 4.69) is 260 Å². The van der Waals surface area contributed by atoms with Crippen molar-refractivity contribution in [1.82, 2.24) is 0 Å². The first kappa shape index (κ1) is 38.7. The first-order chi connectivity index (χ1) is 32.2. The number of nitrogens with zero attached hydrogens (tertiary/aromatic N) is 1. The van der Waals surface area contributed by atoms with Crippen molar-refractivity contribution in [2.45, 2.75) is 24.2 Å². The molecule has 1 atom stereocenters. The van der Waals surface area contributed by atoms with Gasteiger partial charge in [-0.1, -0.05) is 212 Å². The number of hydrogen-bond acceptors (Lipinski definition) is 1. The zero-order valence-corrected chi connectivity index (χ0v) is 36.2. The summed E-state index contributed by atoms with van der Waals surface area (Å²) in [5.74, 6) is 0.246. The van der Waals surface area contributed by atoms with Gasteiger partial charge in [0, 0.05) is 23.0 Å². The molecule has 10 aromatic rings. The Kier molecular flexibility index (Phi) is 9.68. The highest BCUT2D eigenvalue weighted by Crippen LogP contribution is 2.57. The smallest absolute Gasteiger partial charge is 0.0713 e. The van der Waals surface area contributed by atoms with Crippen molar-refractivity contribution in [3.63, 3.8) is 0 Å². The maximum atomic E-state index is 2.54. The molecule has 0 spiro atoms. The molecule has 0 N–H and O–H groups in total. The number of anilines is 3. The molecule has 0 saturated heterocycles. The van der Waals surface area contributed by atoms with E-state index in [0.29, 0.717) is 0 Å². The van der Waals surface area contributed by atoms with Crippen molar-refractivity contribution < 1.29 is 0 Å². The van der Waals surface area contributed by atoms with Crippen LogP contribution in [-0.2, 0) is 11.8 Å². The maximum Gasteiger partial charge on any atom is 0.0713 e. The molecule has 0 bridgehead atoms. The fourth-order valence-electron chi connectivity index (χ4n) is 11.0. The Morgan fingerprint density at radius 1 is 0.338 bits per heavy atom. The second-order valence-corrected chi connectivity index (χ2v) is 17.5. The van der Waals surface area contributed by atoms with Gasteiger partial charge in [0.2, 0.25) is 0 Å². The summed E-state index contributed by atoms with van der Waals surface area (Å²) in [4.78, 5) is 2.38. The first-order valence-corrected chi connectivity index (χ1v) is 22.9. The molecule has 0 fully saturated rings. The Hall–Kier alpha value is -8.00. The summed E-state index contributed by atoms with van der Waals surface area (Å²) < 4.78 is 0. The lowest BCUT2D eigenvalue weighted by molar-refractivity contribution is 0.725. The molecule has 2 aliphatic carbocycles. The maximum absolute atomic E-state index is 2.54. The molecule has 0 saturated carbocycles. The lowest BCUT2D eigenvalue weighted by atomic mass is 9.67. The number of hydrogen-bond donors (Lipinski definition) is 0. The minimum Gasteiger partial charge on any atom is -0.311 e. The molecule has 0 amide bonds. The molecule has 10 aromatic carbocycles. The molecule has 0 heterocycles. The van der Waals surface area contributed by atoms with Gasteiger partial charge in [0.25, 0.3) is 0 Å². The van der Waals surface area contributed by atoms with Crippen LogP contribution < -0.4 is 4.90 Å². The van der Waals surface area contributed by atoms with Gasteiger partial charge in [-0.3, -0.25) is 0 Å². The minimum absolute atomic E-state index is 0.246. The Labute approximate surface area is 382 Å². The summed E-state index contributed by atoms with van der Waals surface area (Å²) >= 11 is 0. The Balaban J connectivity index is 0.930. The largest absolute Gasteiger partial charge is 0.311 e. The van der Waals surface area contributed by atoms with E-state index >= 15 is 0 Å². The average molecular weight is 830 g/mol. The highest BCUT2D eigenvalue weighted by molar-refractivity contribution is 5.87. The fourth-order valence-corrected chi connectivity index (χ4v) is 11.0. The van der Waals surface area contributed by atoms with E-state index in [1.165, 1.54) is 83.5 Å². The van der Waals surface area contributed by atoms with E-state index in [0.717, 1.165) is 29.9 Å². The van der Waals surface area contributed by atoms with Crippen LogP contribution in [0.5, 0.6) is 0 Å². The third kappa shape index (κ3) is 6.62. The fraction of sp³-hybridized carbons (Fsp3) is 0.0625. The topological polar surface area (TPSA) is 3.24 Å². The van der Waals surface area contributed by atoms with Gasteiger partial charge in [0.05, 0.1) is 5.41 Å². The molecule has 0 aliphatic heterocycles. The number of rotatable bonds is 8. The van der Waals surface area contributed by atoms with E-state index in [9.17, 15) is 0 Å². The standard InChI is InChI=1S/C64H47N/c1-4-16-45(17-5-1)47-29-37-53(38-30-47)65(54-39-31-48(32-40-54)46-18-6-2-7-19-46)55-41-33-49(34-42-55)56-43-35-50-28-36-52(44-61(50)58-23-11-10-22-57(56)58)64(51-20-8-3-9-21-51)62-26-14-12-24-59(62)60-25-13-15-27-63(60)64/h1-34,36-42,44,56H,35,43H2. The van der Waals surface area contributed by atoms with Crippen molar-refractivity contribution in [2.24, 2.45) is 0 Å². The molecule has 1 heteroatoms. The Morgan fingerprint density at radius 3 is 1.34 bits per heavy atom. The second-order valence-electron chi connectivity index (χ2n) is 17.5. The van der Waals surface area contributed by atoms with Crippen LogP contribution in [0.4, 0.5) is 17.1 Å². The van der Waals surface area contributed by atoms with E-state index in [1.54, 1.807) is 0 Å². The molecule has 12 rings (SSSR count). The molecule has 2 aliphatic rings. The third-order valence-electron chi connectivity index (χ3n) is 14.0. The van der Waals surface area contributed by atoms with Crippen LogP contribution >= 0.6 is 0 Å². The number of aryl methyl sites for hydroxylation is 1. The van der Waals surface area contributed by atoms with Crippen LogP contribution in [0.25, 0.3) is 44.5 Å². The summed E-state index contributed by atoms with van der Waals surface area (Å²) in [5.41, 5.74) is 22.5. The molecule has 1 unspecified atom stereocenters. The van der Waals surface area contributed by atoms with Crippen LogP contribution in [0.15, 0.2) is 255 Å². The minimum atomic E-state index is -0.435. The zero-order chi connectivity index (χ0) is 43.2. The number of benzene rings is 10. The molecular weight excluding hydrogens is 783 g/mol. The Bertz CT molecular complexity index is 3150. The van der Waals surface area contributed by atoms with Gasteiger partial charge in [-0.15, -0.1) is 0 Å². The monoisotopic (exact) mass is 829 g/mol. The van der Waals surface area contributed by atoms with Crippen LogP contribution in [0.2, 0.25) is 0 Å². The molecular formula is C64H47N. The van der Waals surface area contributed by atoms with Crippen LogP contribution in [0.3, 0.4) is 0 Å². The highest BCUT2D eigenvalue weighted by atomic mass is 15.1. The normalized spacial score (nSPS) is 14.3. The van der Waals surface area contributed by atoms with Gasteiger partial charge in [-0.05, 0) is 139 Å². The van der Waals surface area contributed by atoms with Gasteiger partial charge in [0.15, 0.2) is 0 Å². The molecule has 65 heavy (non-hydrogen) atoms. The van der Waals surface area contributed by atoms with E-state index in [1.807, 2.05) is 0 Å². The van der Waals surface area contributed by atoms with Crippen LogP contribution in [0, 0.1) is 0 Å². The average Bonchev–Trinajstić information content (AvgIpc) is 3.59. The molecule has 0 radical (unpaired) electrons. The Morgan fingerprint density at radius 2 is 0.785 bits per heavy atom. The molecule has 1 nitrogen and oxygen atoms in total. The molecule has 308 valence electrons. The van der Waals surface area contributed by atoms with Crippen molar-refractivity contribution in [2.75, 3.05) is 4.90 Å². The van der Waals surface area contributed by atoms with Gasteiger partial charge in [-0.25, -0.2) is 0 Å². The van der Waals surface area contributed by atoms with E-state index in [4.69, 9.17) is 0 Å².